The molecule has 0 spiro atoms. The molecule has 7 heteroatoms. The summed E-state index contributed by atoms with van der Waals surface area (Å²) in [4.78, 5) is 0. The van der Waals surface area contributed by atoms with Crippen molar-refractivity contribution in [1.29, 1.82) is 0 Å². The Labute approximate surface area is 67.8 Å². The molecule has 0 aliphatic carbocycles. The van der Waals surface area contributed by atoms with E-state index < -0.39 is 10.1 Å². The predicted molar refractivity (Wildman–Crippen MR) is 40.0 cm³/mol. The Kier molecular flexibility index (Phi) is 2.53. The Balaban J connectivity index is 2.48. The van der Waals surface area contributed by atoms with E-state index in [1.54, 1.807) is 0 Å². The monoisotopic (exact) mass is 194 g/mol. The van der Waals surface area contributed by atoms with E-state index in [2.05, 4.69) is 10.2 Å². The Bertz CT molecular complexity index is 304. The first-order valence-electron chi connectivity index (χ1n) is 2.78. The first-order valence-corrected chi connectivity index (χ1v) is 5.27. The summed E-state index contributed by atoms with van der Waals surface area (Å²) in [7, 11) is -3.86. The van der Waals surface area contributed by atoms with Gasteiger partial charge in [-0.1, -0.05) is 0 Å². The number of aromatic nitrogens is 2. The summed E-state index contributed by atoms with van der Waals surface area (Å²) >= 11 is 1.27. The van der Waals surface area contributed by atoms with Crippen LogP contribution in [0.1, 0.15) is 5.01 Å². The van der Waals surface area contributed by atoms with Crippen LogP contribution in [-0.2, 0) is 16.5 Å². The van der Waals surface area contributed by atoms with Gasteiger partial charge in [-0.3, -0.25) is 4.55 Å². The number of hydrogen-bond donors (Lipinski definition) is 1. The van der Waals surface area contributed by atoms with Crippen LogP contribution in [0.15, 0.2) is 5.51 Å². The number of nitrogens with zero attached hydrogens (tertiary/aromatic N) is 2. The fourth-order valence-corrected chi connectivity index (χ4v) is 1.63. The summed E-state index contributed by atoms with van der Waals surface area (Å²) in [5.74, 6) is -0.289. The van der Waals surface area contributed by atoms with Crippen LogP contribution >= 0.6 is 11.3 Å². The standard InChI is InChI=1S/C4H6N2O3S2/c7-11(8,9)2-1-4-6-5-3-10-4/h3H,1-2H2,(H,7,8,9). The third-order valence-electron chi connectivity index (χ3n) is 0.979. The lowest BCUT2D eigenvalue weighted by molar-refractivity contribution is 0.482. The summed E-state index contributed by atoms with van der Waals surface area (Å²) in [6.45, 7) is 0. The van der Waals surface area contributed by atoms with E-state index >= 15 is 0 Å². The number of rotatable bonds is 3. The van der Waals surface area contributed by atoms with E-state index in [1.165, 1.54) is 16.8 Å². The first-order chi connectivity index (χ1) is 5.08. The third-order valence-corrected chi connectivity index (χ3v) is 2.46. The minimum absolute atomic E-state index is 0.226. The van der Waals surface area contributed by atoms with Gasteiger partial charge in [0.1, 0.15) is 10.5 Å². The molecule has 62 valence electrons. The highest BCUT2D eigenvalue weighted by molar-refractivity contribution is 7.85. The molecule has 11 heavy (non-hydrogen) atoms. The third kappa shape index (κ3) is 3.40. The molecule has 0 fully saturated rings. The predicted octanol–water partition coefficient (Wildman–Crippen LogP) is -0.0316. The molecule has 1 N–H and O–H groups in total. The molecule has 0 saturated heterocycles. The second-order valence-electron chi connectivity index (χ2n) is 1.87. The summed E-state index contributed by atoms with van der Waals surface area (Å²) in [6.07, 6.45) is 0.226. The van der Waals surface area contributed by atoms with Crippen molar-refractivity contribution in [3.63, 3.8) is 0 Å². The molecule has 1 heterocycles. The largest absolute Gasteiger partial charge is 0.286 e. The molecule has 0 saturated carbocycles. The van der Waals surface area contributed by atoms with Gasteiger partial charge in [-0.2, -0.15) is 8.42 Å². The van der Waals surface area contributed by atoms with Crippen LogP contribution in [0.2, 0.25) is 0 Å². The molecule has 1 aromatic rings. The molecular weight excluding hydrogens is 188 g/mol. The highest BCUT2D eigenvalue weighted by Gasteiger charge is 2.06. The van der Waals surface area contributed by atoms with Gasteiger partial charge in [-0.05, 0) is 0 Å². The zero-order chi connectivity index (χ0) is 8.32. The van der Waals surface area contributed by atoms with Crippen molar-refractivity contribution in [2.24, 2.45) is 0 Å². The van der Waals surface area contributed by atoms with Crippen molar-refractivity contribution < 1.29 is 13.0 Å². The molecule has 1 rings (SSSR count). The number of hydrogen-bond acceptors (Lipinski definition) is 5. The average Bonchev–Trinajstić information content (AvgIpc) is 2.32. The van der Waals surface area contributed by atoms with Gasteiger partial charge in [0.2, 0.25) is 0 Å². The zero-order valence-corrected chi connectivity index (χ0v) is 7.10. The summed E-state index contributed by atoms with van der Waals surface area (Å²) in [5, 5.41) is 7.74. The molecule has 5 nitrogen and oxygen atoms in total. The molecule has 0 atom stereocenters. The van der Waals surface area contributed by atoms with Crippen LogP contribution in [0.3, 0.4) is 0 Å². The fraction of sp³-hybridized carbons (Fsp3) is 0.500. The van der Waals surface area contributed by atoms with Gasteiger partial charge in [0.15, 0.2) is 0 Å². The van der Waals surface area contributed by atoms with Gasteiger partial charge in [0.25, 0.3) is 10.1 Å². The molecule has 0 aromatic carbocycles. The lowest BCUT2D eigenvalue weighted by atomic mass is 10.5. The molecular formula is C4H6N2O3S2. The zero-order valence-electron chi connectivity index (χ0n) is 5.47. The molecule has 0 amide bonds. The summed E-state index contributed by atoms with van der Waals surface area (Å²) < 4.78 is 28.8. The molecule has 0 bridgehead atoms. The van der Waals surface area contributed by atoms with Crippen molar-refractivity contribution in [3.8, 4) is 0 Å². The van der Waals surface area contributed by atoms with Gasteiger partial charge in [-0.25, -0.2) is 0 Å². The maximum Gasteiger partial charge on any atom is 0.265 e. The Morgan fingerprint density at radius 2 is 2.36 bits per heavy atom. The van der Waals surface area contributed by atoms with E-state index in [0.717, 1.165) is 0 Å². The smallest absolute Gasteiger partial charge is 0.265 e. The van der Waals surface area contributed by atoms with Crippen molar-refractivity contribution >= 4 is 21.5 Å². The lowest BCUT2D eigenvalue weighted by Crippen LogP contribution is -2.06. The first kappa shape index (κ1) is 8.57. The van der Waals surface area contributed by atoms with E-state index in [1.807, 2.05) is 0 Å². The van der Waals surface area contributed by atoms with Gasteiger partial charge in [0, 0.05) is 6.42 Å². The highest BCUT2D eigenvalue weighted by Crippen LogP contribution is 2.02. The molecule has 0 aliphatic rings. The molecule has 0 unspecified atom stereocenters. The van der Waals surface area contributed by atoms with Crippen molar-refractivity contribution in [2.75, 3.05) is 5.75 Å². The van der Waals surface area contributed by atoms with Crippen LogP contribution in [0.5, 0.6) is 0 Å². The van der Waals surface area contributed by atoms with Gasteiger partial charge in [0.05, 0.1) is 5.75 Å². The SMILES string of the molecule is O=S(=O)(O)CCc1nncs1. The Morgan fingerprint density at radius 1 is 1.64 bits per heavy atom. The van der Waals surface area contributed by atoms with Crippen LogP contribution in [0.4, 0.5) is 0 Å². The van der Waals surface area contributed by atoms with Gasteiger partial charge >= 0.3 is 0 Å². The van der Waals surface area contributed by atoms with E-state index in [-0.39, 0.29) is 12.2 Å². The van der Waals surface area contributed by atoms with Crippen LogP contribution in [0, 0.1) is 0 Å². The van der Waals surface area contributed by atoms with Crippen molar-refractivity contribution in [3.05, 3.63) is 10.5 Å². The van der Waals surface area contributed by atoms with E-state index in [0.29, 0.717) is 5.01 Å². The maximum absolute atomic E-state index is 10.2. The molecule has 0 radical (unpaired) electrons. The van der Waals surface area contributed by atoms with Crippen LogP contribution < -0.4 is 0 Å². The van der Waals surface area contributed by atoms with E-state index in [9.17, 15) is 8.42 Å². The topological polar surface area (TPSA) is 80.2 Å². The normalized spacial score (nSPS) is 11.7. The van der Waals surface area contributed by atoms with Crippen molar-refractivity contribution in [1.82, 2.24) is 10.2 Å². The second-order valence-corrected chi connectivity index (χ2v) is 4.36. The van der Waals surface area contributed by atoms with Crippen LogP contribution in [-0.4, -0.2) is 28.9 Å². The Morgan fingerprint density at radius 3 is 2.82 bits per heavy atom. The number of aryl methyl sites for hydroxylation is 1. The Hall–Kier alpha value is -0.530. The molecule has 1 aromatic heterocycles. The van der Waals surface area contributed by atoms with Crippen LogP contribution in [0.25, 0.3) is 0 Å². The quantitative estimate of drug-likeness (QED) is 0.683. The maximum atomic E-state index is 10.2. The van der Waals surface area contributed by atoms with Gasteiger partial charge < -0.3 is 0 Å². The highest BCUT2D eigenvalue weighted by atomic mass is 32.2. The lowest BCUT2D eigenvalue weighted by Gasteiger charge is -1.90. The summed E-state index contributed by atoms with van der Waals surface area (Å²) in [6, 6.07) is 0. The summed E-state index contributed by atoms with van der Waals surface area (Å²) in [5.41, 5.74) is 1.51. The van der Waals surface area contributed by atoms with Crippen molar-refractivity contribution in [2.45, 2.75) is 6.42 Å². The second kappa shape index (κ2) is 3.24. The minimum atomic E-state index is -3.86. The van der Waals surface area contributed by atoms with Gasteiger partial charge in [-0.15, -0.1) is 21.5 Å². The fourth-order valence-electron chi connectivity index (χ4n) is 0.521. The van der Waals surface area contributed by atoms with E-state index in [4.69, 9.17) is 4.55 Å². The molecule has 0 aliphatic heterocycles. The average molecular weight is 194 g/mol. The minimum Gasteiger partial charge on any atom is -0.286 e.